The highest BCUT2D eigenvalue weighted by atomic mass is 32.2. The molecule has 2 N–H and O–H groups in total. The molecule has 2 aromatic heterocycles. The highest BCUT2D eigenvalue weighted by molar-refractivity contribution is 7.92. The van der Waals surface area contributed by atoms with Crippen LogP contribution in [0.4, 0.5) is 11.4 Å². The van der Waals surface area contributed by atoms with Crippen LogP contribution >= 0.6 is 0 Å². The molecule has 0 atom stereocenters. The second-order valence-corrected chi connectivity index (χ2v) is 5.78. The monoisotopic (exact) mass is 292 g/mol. The van der Waals surface area contributed by atoms with Gasteiger partial charge in [0.1, 0.15) is 0 Å². The van der Waals surface area contributed by atoms with Crippen molar-refractivity contribution in [2.45, 2.75) is 18.9 Å². The predicted molar refractivity (Wildman–Crippen MR) is 78.2 cm³/mol. The first-order valence-electron chi connectivity index (χ1n) is 6.17. The van der Waals surface area contributed by atoms with Crippen molar-refractivity contribution in [3.05, 3.63) is 42.4 Å². The van der Waals surface area contributed by atoms with E-state index in [1.165, 1.54) is 12.4 Å². The first-order valence-corrected chi connectivity index (χ1v) is 7.65. The summed E-state index contributed by atoms with van der Waals surface area (Å²) in [4.78, 5) is 7.90. The Morgan fingerprint density at radius 3 is 2.70 bits per heavy atom. The van der Waals surface area contributed by atoms with Crippen LogP contribution in [0.3, 0.4) is 0 Å². The highest BCUT2D eigenvalue weighted by Gasteiger charge is 2.20. The zero-order valence-corrected chi connectivity index (χ0v) is 12.1. The number of nitrogens with zero attached hydrogens (tertiary/aromatic N) is 2. The highest BCUT2D eigenvalue weighted by Crippen LogP contribution is 2.22. The van der Waals surface area contributed by atoms with E-state index in [2.05, 4.69) is 20.0 Å². The van der Waals surface area contributed by atoms with Crippen LogP contribution in [0.25, 0.3) is 0 Å². The van der Waals surface area contributed by atoms with Crippen LogP contribution in [0.1, 0.15) is 12.5 Å². The lowest BCUT2D eigenvalue weighted by atomic mass is 10.3. The van der Waals surface area contributed by atoms with E-state index in [1.807, 2.05) is 6.92 Å². The van der Waals surface area contributed by atoms with Gasteiger partial charge in [-0.1, -0.05) is 0 Å². The number of anilines is 2. The Hall–Kier alpha value is -2.15. The van der Waals surface area contributed by atoms with Crippen molar-refractivity contribution >= 4 is 21.4 Å². The summed E-state index contributed by atoms with van der Waals surface area (Å²) in [6.45, 7) is 4.29. The van der Waals surface area contributed by atoms with E-state index in [4.69, 9.17) is 0 Å². The minimum Gasteiger partial charge on any atom is -0.383 e. The van der Waals surface area contributed by atoms with Gasteiger partial charge in [0, 0.05) is 25.1 Å². The number of aromatic nitrogens is 2. The molecule has 0 unspecified atom stereocenters. The molecule has 106 valence electrons. The van der Waals surface area contributed by atoms with E-state index in [1.54, 1.807) is 31.3 Å². The first-order chi connectivity index (χ1) is 9.54. The lowest BCUT2D eigenvalue weighted by molar-refractivity contribution is 0.598. The van der Waals surface area contributed by atoms with Crippen molar-refractivity contribution in [2.24, 2.45) is 0 Å². The predicted octanol–water partition coefficient (Wildman–Crippen LogP) is 2.02. The molecule has 7 heteroatoms. The summed E-state index contributed by atoms with van der Waals surface area (Å²) >= 11 is 0. The topological polar surface area (TPSA) is 84.0 Å². The molecule has 6 nitrogen and oxygen atoms in total. The third-order valence-corrected chi connectivity index (χ3v) is 3.98. The Morgan fingerprint density at radius 2 is 2.00 bits per heavy atom. The van der Waals surface area contributed by atoms with Crippen LogP contribution < -0.4 is 10.0 Å². The van der Waals surface area contributed by atoms with Gasteiger partial charge in [-0.3, -0.25) is 9.71 Å². The van der Waals surface area contributed by atoms with Gasteiger partial charge in [0.05, 0.1) is 11.4 Å². The Morgan fingerprint density at radius 1 is 1.20 bits per heavy atom. The zero-order valence-electron chi connectivity index (χ0n) is 11.3. The van der Waals surface area contributed by atoms with E-state index in [9.17, 15) is 8.42 Å². The average molecular weight is 292 g/mol. The van der Waals surface area contributed by atoms with Crippen LogP contribution in [0, 0.1) is 6.92 Å². The van der Waals surface area contributed by atoms with Gasteiger partial charge in [-0.05, 0) is 37.6 Å². The van der Waals surface area contributed by atoms with E-state index < -0.39 is 10.0 Å². The van der Waals surface area contributed by atoms with Gasteiger partial charge in [-0.25, -0.2) is 4.98 Å². The average Bonchev–Trinajstić information content (AvgIpc) is 2.42. The maximum absolute atomic E-state index is 12.4. The van der Waals surface area contributed by atoms with Crippen LogP contribution in [-0.4, -0.2) is 24.9 Å². The van der Waals surface area contributed by atoms with Crippen molar-refractivity contribution in [1.82, 2.24) is 9.97 Å². The summed E-state index contributed by atoms with van der Waals surface area (Å²) in [7, 11) is -3.74. The molecule has 0 saturated carbocycles. The Balaban J connectivity index is 2.39. The summed E-state index contributed by atoms with van der Waals surface area (Å²) in [6.07, 6.45) is 4.59. The lowest BCUT2D eigenvalue weighted by Crippen LogP contribution is -2.17. The number of nitrogens with one attached hydrogen (secondary N) is 2. The number of aryl methyl sites for hydroxylation is 1. The van der Waals surface area contributed by atoms with Gasteiger partial charge < -0.3 is 5.32 Å². The van der Waals surface area contributed by atoms with Crippen molar-refractivity contribution < 1.29 is 8.42 Å². The van der Waals surface area contributed by atoms with Crippen molar-refractivity contribution in [1.29, 1.82) is 0 Å². The van der Waals surface area contributed by atoms with Gasteiger partial charge in [0.25, 0.3) is 10.0 Å². The Bertz CT molecular complexity index is 701. The van der Waals surface area contributed by atoms with Gasteiger partial charge in [0.15, 0.2) is 5.03 Å². The molecule has 0 aliphatic carbocycles. The van der Waals surface area contributed by atoms with E-state index in [0.29, 0.717) is 17.9 Å². The van der Waals surface area contributed by atoms with E-state index in [-0.39, 0.29) is 5.03 Å². The van der Waals surface area contributed by atoms with E-state index in [0.717, 1.165) is 5.56 Å². The van der Waals surface area contributed by atoms with Gasteiger partial charge in [-0.15, -0.1) is 0 Å². The SMILES string of the molecule is CCNc1cccnc1S(=O)(=O)Nc1ccncc1C. The second-order valence-electron chi connectivity index (χ2n) is 4.18. The summed E-state index contributed by atoms with van der Waals surface area (Å²) in [5, 5.41) is 2.97. The molecule has 0 aromatic carbocycles. The molecular formula is C13H16N4O2S. The fourth-order valence-electron chi connectivity index (χ4n) is 1.71. The molecule has 0 amide bonds. The minimum absolute atomic E-state index is 0.0157. The zero-order chi connectivity index (χ0) is 14.6. The fraction of sp³-hybridized carbons (Fsp3) is 0.231. The molecule has 0 aliphatic heterocycles. The van der Waals surface area contributed by atoms with Gasteiger partial charge >= 0.3 is 0 Å². The van der Waals surface area contributed by atoms with Crippen LogP contribution in [-0.2, 0) is 10.0 Å². The maximum Gasteiger partial charge on any atom is 0.281 e. The molecule has 0 fully saturated rings. The third kappa shape index (κ3) is 3.05. The number of hydrogen-bond donors (Lipinski definition) is 2. The molecule has 0 radical (unpaired) electrons. The third-order valence-electron chi connectivity index (χ3n) is 2.66. The number of rotatable bonds is 5. The van der Waals surface area contributed by atoms with Crippen molar-refractivity contribution in [3.8, 4) is 0 Å². The molecule has 0 spiro atoms. The second kappa shape index (κ2) is 5.87. The smallest absolute Gasteiger partial charge is 0.281 e. The van der Waals surface area contributed by atoms with Crippen molar-refractivity contribution in [3.63, 3.8) is 0 Å². The Kier molecular flexibility index (Phi) is 4.19. The van der Waals surface area contributed by atoms with Crippen molar-refractivity contribution in [2.75, 3.05) is 16.6 Å². The molecule has 2 aromatic rings. The first kappa shape index (κ1) is 14.3. The molecule has 0 saturated heterocycles. The summed E-state index contributed by atoms with van der Waals surface area (Å²) < 4.78 is 27.4. The van der Waals surface area contributed by atoms with E-state index >= 15 is 0 Å². The van der Waals surface area contributed by atoms with Gasteiger partial charge in [-0.2, -0.15) is 8.42 Å². The molecule has 2 heterocycles. The summed E-state index contributed by atoms with van der Waals surface area (Å²) in [5.41, 5.74) is 1.72. The molecule has 2 rings (SSSR count). The fourth-order valence-corrected chi connectivity index (χ4v) is 2.96. The van der Waals surface area contributed by atoms with Crippen LogP contribution in [0.5, 0.6) is 0 Å². The van der Waals surface area contributed by atoms with Crippen LogP contribution in [0.2, 0.25) is 0 Å². The molecule has 0 bridgehead atoms. The normalized spacial score (nSPS) is 11.1. The quantitative estimate of drug-likeness (QED) is 0.880. The summed E-state index contributed by atoms with van der Waals surface area (Å²) in [6, 6.07) is 4.99. The van der Waals surface area contributed by atoms with Gasteiger partial charge in [0.2, 0.25) is 0 Å². The number of pyridine rings is 2. The van der Waals surface area contributed by atoms with Crippen LogP contribution in [0.15, 0.2) is 41.8 Å². The number of hydrogen-bond acceptors (Lipinski definition) is 5. The standard InChI is InChI=1S/C13H16N4O2S/c1-3-15-12-5-4-7-16-13(12)20(18,19)17-11-6-8-14-9-10(11)2/h4-9,15H,3H2,1-2H3,(H,14,17). The number of sulfonamides is 1. The lowest BCUT2D eigenvalue weighted by Gasteiger charge is -2.12. The molecule has 0 aliphatic rings. The maximum atomic E-state index is 12.4. The Labute approximate surface area is 118 Å². The molecular weight excluding hydrogens is 276 g/mol. The largest absolute Gasteiger partial charge is 0.383 e. The minimum atomic E-state index is -3.74. The summed E-state index contributed by atoms with van der Waals surface area (Å²) in [5.74, 6) is 0. The molecule has 20 heavy (non-hydrogen) atoms.